The maximum absolute atomic E-state index is 12.6. The summed E-state index contributed by atoms with van der Waals surface area (Å²) in [6.07, 6.45) is 2.83. The van der Waals surface area contributed by atoms with Gasteiger partial charge in [-0.15, -0.1) is 0 Å². The van der Waals surface area contributed by atoms with Crippen molar-refractivity contribution < 1.29 is 14.1 Å². The molecule has 0 aliphatic rings. The molecule has 1 aromatic carbocycles. The summed E-state index contributed by atoms with van der Waals surface area (Å²) >= 11 is 0. The minimum atomic E-state index is -0.263. The van der Waals surface area contributed by atoms with Gasteiger partial charge in [0, 0.05) is 18.8 Å². The molecule has 0 saturated heterocycles. The average Bonchev–Trinajstić information content (AvgIpc) is 3.20. The molecule has 3 aromatic rings. The number of nitrogens with zero attached hydrogens (tertiary/aromatic N) is 3. The van der Waals surface area contributed by atoms with E-state index in [2.05, 4.69) is 22.5 Å². The van der Waals surface area contributed by atoms with Gasteiger partial charge >= 0.3 is 0 Å². The van der Waals surface area contributed by atoms with E-state index in [-0.39, 0.29) is 12.5 Å². The summed E-state index contributed by atoms with van der Waals surface area (Å²) in [5.41, 5.74) is 2.12. The van der Waals surface area contributed by atoms with Crippen LogP contribution in [0.25, 0.3) is 0 Å². The van der Waals surface area contributed by atoms with Crippen molar-refractivity contribution in [3.05, 3.63) is 59.1 Å². The van der Waals surface area contributed by atoms with Crippen molar-refractivity contribution in [3.63, 3.8) is 0 Å². The molecule has 0 saturated carbocycles. The summed E-state index contributed by atoms with van der Waals surface area (Å²) in [7, 11) is 0. The van der Waals surface area contributed by atoms with Crippen LogP contribution in [0.2, 0.25) is 0 Å². The molecule has 2 heterocycles. The molecule has 1 N–H and O–H groups in total. The van der Waals surface area contributed by atoms with E-state index in [1.165, 1.54) is 0 Å². The lowest BCUT2D eigenvalue weighted by atomic mass is 10.2. The number of aromatic nitrogens is 3. The third-order valence-electron chi connectivity index (χ3n) is 4.02. The predicted molar refractivity (Wildman–Crippen MR) is 97.2 cm³/mol. The van der Waals surface area contributed by atoms with Gasteiger partial charge in [0.05, 0.1) is 16.8 Å². The summed E-state index contributed by atoms with van der Waals surface area (Å²) in [4.78, 5) is 12.6. The van der Waals surface area contributed by atoms with Gasteiger partial charge in [0.2, 0.25) is 0 Å². The van der Waals surface area contributed by atoms with Gasteiger partial charge < -0.3 is 14.6 Å². The fraction of sp³-hybridized carbons (Fsp3) is 0.316. The maximum atomic E-state index is 12.6. The Labute approximate surface area is 151 Å². The lowest BCUT2D eigenvalue weighted by molar-refractivity contribution is 0.102. The standard InChI is InChI=1S/C19H22N4O3/c1-4-10-23-11-9-18(21-23)20-19(24)15-7-5-6-8-17(15)25-12-16-13(2)22-26-14(16)3/h5-9,11H,4,10,12H2,1-3H3,(H,20,21,24). The number of carbonyl (C=O) groups is 1. The van der Waals surface area contributed by atoms with Crippen molar-refractivity contribution in [1.82, 2.24) is 14.9 Å². The summed E-state index contributed by atoms with van der Waals surface area (Å²) in [6, 6.07) is 8.90. The second kappa shape index (κ2) is 7.86. The second-order valence-corrected chi connectivity index (χ2v) is 6.01. The van der Waals surface area contributed by atoms with E-state index in [0.717, 1.165) is 24.2 Å². The molecule has 0 aliphatic heterocycles. The second-order valence-electron chi connectivity index (χ2n) is 6.01. The van der Waals surface area contributed by atoms with Gasteiger partial charge in [-0.2, -0.15) is 5.10 Å². The lowest BCUT2D eigenvalue weighted by Gasteiger charge is -2.11. The summed E-state index contributed by atoms with van der Waals surface area (Å²) in [5.74, 6) is 1.47. The topological polar surface area (TPSA) is 82.2 Å². The number of aryl methyl sites for hydroxylation is 3. The molecule has 0 radical (unpaired) electrons. The van der Waals surface area contributed by atoms with Gasteiger partial charge in [-0.25, -0.2) is 0 Å². The minimum absolute atomic E-state index is 0.263. The molecule has 1 amide bonds. The lowest BCUT2D eigenvalue weighted by Crippen LogP contribution is -2.14. The molecular formula is C19H22N4O3. The first-order valence-corrected chi connectivity index (χ1v) is 8.57. The molecule has 7 heteroatoms. The predicted octanol–water partition coefficient (Wildman–Crippen LogP) is 3.73. The number of anilines is 1. The van der Waals surface area contributed by atoms with Crippen molar-refractivity contribution in [2.45, 2.75) is 40.3 Å². The van der Waals surface area contributed by atoms with E-state index < -0.39 is 0 Å². The van der Waals surface area contributed by atoms with Gasteiger partial charge in [0.15, 0.2) is 5.82 Å². The van der Waals surface area contributed by atoms with Gasteiger partial charge in [-0.05, 0) is 32.4 Å². The number of carbonyl (C=O) groups excluding carboxylic acids is 1. The van der Waals surface area contributed by atoms with Crippen LogP contribution in [0.15, 0.2) is 41.1 Å². The van der Waals surface area contributed by atoms with Gasteiger partial charge in [0.1, 0.15) is 18.1 Å². The molecular weight excluding hydrogens is 332 g/mol. The smallest absolute Gasteiger partial charge is 0.260 e. The molecule has 0 atom stereocenters. The monoisotopic (exact) mass is 354 g/mol. The van der Waals surface area contributed by atoms with Crippen molar-refractivity contribution in [2.75, 3.05) is 5.32 Å². The summed E-state index contributed by atoms with van der Waals surface area (Å²) in [6.45, 7) is 6.88. The maximum Gasteiger partial charge on any atom is 0.260 e. The van der Waals surface area contributed by atoms with E-state index in [4.69, 9.17) is 9.26 Å². The first-order valence-electron chi connectivity index (χ1n) is 8.57. The molecule has 0 fully saturated rings. The Hall–Kier alpha value is -3.09. The largest absolute Gasteiger partial charge is 0.488 e. The van der Waals surface area contributed by atoms with Gasteiger partial charge in [0.25, 0.3) is 5.91 Å². The minimum Gasteiger partial charge on any atom is -0.488 e. The quantitative estimate of drug-likeness (QED) is 0.699. The van der Waals surface area contributed by atoms with Crippen molar-refractivity contribution in [3.8, 4) is 5.75 Å². The van der Waals surface area contributed by atoms with Crippen LogP contribution in [-0.2, 0) is 13.2 Å². The van der Waals surface area contributed by atoms with E-state index >= 15 is 0 Å². The Morgan fingerprint density at radius 1 is 1.27 bits per heavy atom. The highest BCUT2D eigenvalue weighted by molar-refractivity contribution is 6.05. The van der Waals surface area contributed by atoms with Crippen molar-refractivity contribution in [2.24, 2.45) is 0 Å². The zero-order valence-electron chi connectivity index (χ0n) is 15.2. The molecule has 26 heavy (non-hydrogen) atoms. The first-order chi connectivity index (χ1) is 12.6. The van der Waals surface area contributed by atoms with E-state index in [0.29, 0.717) is 22.9 Å². The van der Waals surface area contributed by atoms with Crippen LogP contribution in [0.4, 0.5) is 5.82 Å². The summed E-state index contributed by atoms with van der Waals surface area (Å²) in [5, 5.41) is 11.1. The molecule has 136 valence electrons. The Morgan fingerprint density at radius 3 is 2.81 bits per heavy atom. The SMILES string of the molecule is CCCn1ccc(NC(=O)c2ccccc2OCc2c(C)noc2C)n1. The molecule has 3 rings (SSSR count). The fourth-order valence-corrected chi connectivity index (χ4v) is 2.60. The Kier molecular flexibility index (Phi) is 5.36. The molecule has 0 aliphatic carbocycles. The van der Waals surface area contributed by atoms with E-state index in [1.807, 2.05) is 26.1 Å². The number of hydrogen-bond donors (Lipinski definition) is 1. The Morgan fingerprint density at radius 2 is 2.08 bits per heavy atom. The molecule has 0 spiro atoms. The van der Waals surface area contributed by atoms with Crippen LogP contribution in [0.3, 0.4) is 0 Å². The highest BCUT2D eigenvalue weighted by Crippen LogP contribution is 2.22. The highest BCUT2D eigenvalue weighted by Gasteiger charge is 2.15. The van der Waals surface area contributed by atoms with Crippen LogP contribution in [0.5, 0.6) is 5.75 Å². The van der Waals surface area contributed by atoms with Gasteiger partial charge in [-0.3, -0.25) is 9.48 Å². The fourth-order valence-electron chi connectivity index (χ4n) is 2.60. The number of para-hydroxylation sites is 1. The molecule has 7 nitrogen and oxygen atoms in total. The van der Waals surface area contributed by atoms with Crippen molar-refractivity contribution >= 4 is 11.7 Å². The zero-order chi connectivity index (χ0) is 18.5. The molecule has 0 unspecified atom stereocenters. The summed E-state index contributed by atoms with van der Waals surface area (Å²) < 4.78 is 12.8. The van der Waals surface area contributed by atoms with Crippen LogP contribution in [0.1, 0.15) is 40.7 Å². The normalized spacial score (nSPS) is 10.7. The van der Waals surface area contributed by atoms with E-state index in [9.17, 15) is 4.79 Å². The number of benzene rings is 1. The number of nitrogens with one attached hydrogen (secondary N) is 1. The number of ether oxygens (including phenoxy) is 1. The first kappa shape index (κ1) is 17.7. The molecule has 0 bridgehead atoms. The van der Waals surface area contributed by atoms with Crippen LogP contribution >= 0.6 is 0 Å². The Bertz CT molecular complexity index is 878. The number of amides is 1. The Balaban J connectivity index is 1.72. The average molecular weight is 354 g/mol. The van der Waals surface area contributed by atoms with E-state index in [1.54, 1.807) is 28.9 Å². The van der Waals surface area contributed by atoms with Gasteiger partial charge in [-0.1, -0.05) is 24.2 Å². The highest BCUT2D eigenvalue weighted by atomic mass is 16.5. The number of rotatable bonds is 7. The van der Waals surface area contributed by atoms with Crippen LogP contribution in [0, 0.1) is 13.8 Å². The zero-order valence-corrected chi connectivity index (χ0v) is 15.2. The van der Waals surface area contributed by atoms with Crippen LogP contribution < -0.4 is 10.1 Å². The van der Waals surface area contributed by atoms with Crippen molar-refractivity contribution in [1.29, 1.82) is 0 Å². The van der Waals surface area contributed by atoms with Crippen LogP contribution in [-0.4, -0.2) is 20.8 Å². The third kappa shape index (κ3) is 3.93. The molecule has 2 aromatic heterocycles. The number of hydrogen-bond acceptors (Lipinski definition) is 5. The third-order valence-corrected chi connectivity index (χ3v) is 4.02.